The average molecular weight is 289 g/mol. The summed E-state index contributed by atoms with van der Waals surface area (Å²) in [5.41, 5.74) is 3.04. The van der Waals surface area contributed by atoms with Gasteiger partial charge >= 0.3 is 5.97 Å². The molecule has 3 aromatic rings. The van der Waals surface area contributed by atoms with Crippen LogP contribution in [0.1, 0.15) is 15.9 Å². The molecule has 0 bridgehead atoms. The molecule has 5 nitrogen and oxygen atoms in total. The molecular weight excluding hydrogens is 278 g/mol. The summed E-state index contributed by atoms with van der Waals surface area (Å²) in [6, 6.07) is 17.1. The van der Waals surface area contributed by atoms with E-state index in [4.69, 9.17) is 5.11 Å². The minimum Gasteiger partial charge on any atom is -0.478 e. The first kappa shape index (κ1) is 13.6. The smallest absolute Gasteiger partial charge is 0.338 e. The van der Waals surface area contributed by atoms with E-state index in [0.717, 1.165) is 11.1 Å². The SMILES string of the molecule is N#Cc1cc(-n2cc(C(=O)O)cn2)ccc1-c1ccccc1. The summed E-state index contributed by atoms with van der Waals surface area (Å²) in [7, 11) is 0. The van der Waals surface area contributed by atoms with Gasteiger partial charge in [-0.3, -0.25) is 0 Å². The first-order valence-electron chi connectivity index (χ1n) is 6.57. The van der Waals surface area contributed by atoms with Gasteiger partial charge in [0.25, 0.3) is 0 Å². The fourth-order valence-corrected chi connectivity index (χ4v) is 2.21. The lowest BCUT2D eigenvalue weighted by Gasteiger charge is -2.07. The van der Waals surface area contributed by atoms with Gasteiger partial charge in [0.2, 0.25) is 0 Å². The van der Waals surface area contributed by atoms with Crippen molar-refractivity contribution in [2.75, 3.05) is 0 Å². The molecule has 0 amide bonds. The molecule has 5 heteroatoms. The van der Waals surface area contributed by atoms with Gasteiger partial charge in [-0.1, -0.05) is 36.4 Å². The Morgan fingerprint density at radius 3 is 2.59 bits per heavy atom. The molecule has 0 unspecified atom stereocenters. The number of hydrogen-bond donors (Lipinski definition) is 1. The number of aromatic carboxylic acids is 1. The van der Waals surface area contributed by atoms with Crippen LogP contribution in [0.3, 0.4) is 0 Å². The summed E-state index contributed by atoms with van der Waals surface area (Å²) >= 11 is 0. The van der Waals surface area contributed by atoms with Gasteiger partial charge in [-0.15, -0.1) is 0 Å². The van der Waals surface area contributed by atoms with E-state index in [1.807, 2.05) is 42.5 Å². The lowest BCUT2D eigenvalue weighted by molar-refractivity contribution is 0.0697. The molecule has 0 spiro atoms. The highest BCUT2D eigenvalue weighted by Crippen LogP contribution is 2.25. The van der Waals surface area contributed by atoms with Gasteiger partial charge in [0, 0.05) is 6.20 Å². The Kier molecular flexibility index (Phi) is 3.42. The topological polar surface area (TPSA) is 78.9 Å². The van der Waals surface area contributed by atoms with Crippen molar-refractivity contribution in [2.24, 2.45) is 0 Å². The first-order valence-corrected chi connectivity index (χ1v) is 6.57. The molecule has 0 fully saturated rings. The third-order valence-electron chi connectivity index (χ3n) is 3.30. The summed E-state index contributed by atoms with van der Waals surface area (Å²) in [4.78, 5) is 10.9. The highest BCUT2D eigenvalue weighted by atomic mass is 16.4. The van der Waals surface area contributed by atoms with Crippen LogP contribution in [0.4, 0.5) is 0 Å². The summed E-state index contributed by atoms with van der Waals surface area (Å²) in [6.07, 6.45) is 2.69. The van der Waals surface area contributed by atoms with Gasteiger partial charge in [0.05, 0.1) is 29.1 Å². The van der Waals surface area contributed by atoms with Crippen LogP contribution in [0.15, 0.2) is 60.9 Å². The van der Waals surface area contributed by atoms with Crippen molar-refractivity contribution >= 4 is 5.97 Å². The van der Waals surface area contributed by atoms with E-state index < -0.39 is 5.97 Å². The van der Waals surface area contributed by atoms with Gasteiger partial charge in [-0.25, -0.2) is 9.48 Å². The summed E-state index contributed by atoms with van der Waals surface area (Å²) < 4.78 is 1.44. The minimum absolute atomic E-state index is 0.102. The van der Waals surface area contributed by atoms with Crippen molar-refractivity contribution < 1.29 is 9.90 Å². The maximum absolute atomic E-state index is 10.9. The van der Waals surface area contributed by atoms with E-state index in [2.05, 4.69) is 11.2 Å². The Balaban J connectivity index is 2.05. The van der Waals surface area contributed by atoms with Crippen molar-refractivity contribution in [1.29, 1.82) is 5.26 Å². The molecule has 0 atom stereocenters. The van der Waals surface area contributed by atoms with Crippen molar-refractivity contribution in [2.45, 2.75) is 0 Å². The number of rotatable bonds is 3. The zero-order chi connectivity index (χ0) is 15.5. The average Bonchev–Trinajstić information content (AvgIpc) is 3.05. The largest absolute Gasteiger partial charge is 0.478 e. The van der Waals surface area contributed by atoms with Crippen LogP contribution in [0.25, 0.3) is 16.8 Å². The van der Waals surface area contributed by atoms with Crippen LogP contribution < -0.4 is 0 Å². The molecule has 0 radical (unpaired) electrons. The molecule has 0 aliphatic rings. The molecule has 0 saturated heterocycles. The zero-order valence-corrected chi connectivity index (χ0v) is 11.5. The van der Waals surface area contributed by atoms with Crippen molar-refractivity contribution in [1.82, 2.24) is 9.78 Å². The number of hydrogen-bond acceptors (Lipinski definition) is 3. The number of carboxylic acid groups (broad SMARTS) is 1. The Bertz CT molecular complexity index is 876. The molecule has 1 N–H and O–H groups in total. The molecule has 22 heavy (non-hydrogen) atoms. The Hall–Kier alpha value is -3.39. The lowest BCUT2D eigenvalue weighted by atomic mass is 10.00. The predicted molar refractivity (Wildman–Crippen MR) is 80.7 cm³/mol. The Morgan fingerprint density at radius 1 is 1.18 bits per heavy atom. The lowest BCUT2D eigenvalue weighted by Crippen LogP contribution is -1.97. The van der Waals surface area contributed by atoms with E-state index in [9.17, 15) is 10.1 Å². The normalized spacial score (nSPS) is 10.1. The van der Waals surface area contributed by atoms with E-state index in [0.29, 0.717) is 11.3 Å². The number of nitriles is 1. The highest BCUT2D eigenvalue weighted by Gasteiger charge is 2.10. The standard InChI is InChI=1S/C17H11N3O2/c18-9-13-8-15(20-11-14(10-19-20)17(21)22)6-7-16(13)12-4-2-1-3-5-12/h1-8,10-11H,(H,21,22). The van der Waals surface area contributed by atoms with Crippen molar-refractivity contribution in [3.05, 3.63) is 72.1 Å². The number of carboxylic acids is 1. The Morgan fingerprint density at radius 2 is 1.95 bits per heavy atom. The van der Waals surface area contributed by atoms with Crippen LogP contribution in [-0.2, 0) is 0 Å². The molecule has 3 rings (SSSR count). The Labute approximate surface area is 126 Å². The fraction of sp³-hybridized carbons (Fsp3) is 0. The second-order valence-electron chi connectivity index (χ2n) is 4.69. The predicted octanol–water partition coefficient (Wildman–Crippen LogP) is 3.11. The van der Waals surface area contributed by atoms with E-state index in [-0.39, 0.29) is 5.56 Å². The second-order valence-corrected chi connectivity index (χ2v) is 4.69. The molecule has 1 aromatic heterocycles. The van der Waals surface area contributed by atoms with E-state index >= 15 is 0 Å². The maximum Gasteiger partial charge on any atom is 0.338 e. The molecule has 0 aliphatic carbocycles. The maximum atomic E-state index is 10.9. The van der Waals surface area contributed by atoms with Gasteiger partial charge in [0.1, 0.15) is 0 Å². The quantitative estimate of drug-likeness (QED) is 0.803. The van der Waals surface area contributed by atoms with E-state index in [1.165, 1.54) is 17.1 Å². The van der Waals surface area contributed by atoms with Crippen LogP contribution in [0.5, 0.6) is 0 Å². The summed E-state index contributed by atoms with van der Waals surface area (Å²) in [6.45, 7) is 0. The van der Waals surface area contributed by atoms with Crippen molar-refractivity contribution in [3.63, 3.8) is 0 Å². The molecule has 0 aliphatic heterocycles. The molecule has 106 valence electrons. The van der Waals surface area contributed by atoms with Gasteiger partial charge < -0.3 is 5.11 Å². The number of aromatic nitrogens is 2. The van der Waals surface area contributed by atoms with Crippen LogP contribution in [0, 0.1) is 11.3 Å². The number of carbonyl (C=O) groups is 1. The highest BCUT2D eigenvalue weighted by molar-refractivity contribution is 5.87. The molecular formula is C17H11N3O2. The first-order chi connectivity index (χ1) is 10.7. The van der Waals surface area contributed by atoms with Crippen LogP contribution >= 0.6 is 0 Å². The number of benzene rings is 2. The monoisotopic (exact) mass is 289 g/mol. The number of nitrogens with zero attached hydrogens (tertiary/aromatic N) is 3. The fourth-order valence-electron chi connectivity index (χ4n) is 2.21. The van der Waals surface area contributed by atoms with Gasteiger partial charge in [-0.2, -0.15) is 10.4 Å². The van der Waals surface area contributed by atoms with Crippen molar-refractivity contribution in [3.8, 4) is 22.9 Å². The zero-order valence-electron chi connectivity index (χ0n) is 11.5. The van der Waals surface area contributed by atoms with E-state index in [1.54, 1.807) is 6.07 Å². The molecule has 1 heterocycles. The van der Waals surface area contributed by atoms with Gasteiger partial charge in [0.15, 0.2) is 0 Å². The van der Waals surface area contributed by atoms with Crippen LogP contribution in [0.2, 0.25) is 0 Å². The molecule has 0 saturated carbocycles. The summed E-state index contributed by atoms with van der Waals surface area (Å²) in [5.74, 6) is -1.03. The third-order valence-corrected chi connectivity index (χ3v) is 3.30. The minimum atomic E-state index is -1.03. The van der Waals surface area contributed by atoms with Gasteiger partial charge in [-0.05, 0) is 23.3 Å². The third kappa shape index (κ3) is 2.45. The summed E-state index contributed by atoms with van der Waals surface area (Å²) in [5, 5.41) is 22.3. The second kappa shape index (κ2) is 5.54. The molecule has 2 aromatic carbocycles. The van der Waals surface area contributed by atoms with Crippen LogP contribution in [-0.4, -0.2) is 20.9 Å².